The van der Waals surface area contributed by atoms with Crippen LogP contribution in [0.25, 0.3) is 0 Å². The average molecular weight is 1280 g/mol. The fourth-order valence-corrected chi connectivity index (χ4v) is 14.2. The van der Waals surface area contributed by atoms with E-state index in [9.17, 15) is 28.0 Å². The van der Waals surface area contributed by atoms with Crippen LogP contribution in [0.4, 0.5) is 20.4 Å². The highest BCUT2D eigenvalue weighted by atomic mass is 19.1. The lowest BCUT2D eigenvalue weighted by molar-refractivity contribution is -0.149. The largest absolute Gasteiger partial charge is 0.458 e. The summed E-state index contributed by atoms with van der Waals surface area (Å²) in [6.45, 7) is 34.1. The maximum absolute atomic E-state index is 14.6. The molecule has 0 N–H and O–H groups in total. The number of anilines is 2. The maximum atomic E-state index is 14.6. The number of benzene rings is 2. The highest BCUT2D eigenvalue weighted by Gasteiger charge is 2.52. The number of rotatable bonds is 32. The molecule has 4 atom stereocenters. The topological polar surface area (TPSA) is 208 Å². The number of likely N-dealkylation sites (tertiary alicyclic amines) is 2. The Morgan fingerprint density at radius 1 is 0.576 bits per heavy atom. The van der Waals surface area contributed by atoms with Crippen molar-refractivity contribution in [2.75, 3.05) is 116 Å². The van der Waals surface area contributed by atoms with Crippen molar-refractivity contribution in [2.24, 2.45) is 22.7 Å². The predicted octanol–water partition coefficient (Wildman–Crippen LogP) is 9.28. The van der Waals surface area contributed by atoms with Crippen LogP contribution in [0, 0.1) is 34.3 Å². The number of nitrogens with zero attached hydrogens (tertiary/aromatic N) is 14. The first kappa shape index (κ1) is 70.8. The molecule has 4 saturated heterocycles. The summed E-state index contributed by atoms with van der Waals surface area (Å²) in [5.74, 6) is -0.917. The van der Waals surface area contributed by atoms with Gasteiger partial charge in [-0.3, -0.25) is 19.4 Å². The Balaban J connectivity index is 0.875. The molecule has 4 aromatic rings. The lowest BCUT2D eigenvalue weighted by Crippen LogP contribution is -2.62. The molecule has 6 heterocycles. The Morgan fingerprint density at radius 2 is 0.957 bits per heavy atom. The van der Waals surface area contributed by atoms with Crippen LogP contribution >= 0.6 is 0 Å². The number of amides is 2. The van der Waals surface area contributed by atoms with Crippen LogP contribution in [-0.4, -0.2) is 226 Å². The summed E-state index contributed by atoms with van der Waals surface area (Å²) < 4.78 is 54.4. The number of carbonyl (C=O) groups excluding carboxylic acids is 4. The van der Waals surface area contributed by atoms with Crippen LogP contribution in [0.1, 0.15) is 142 Å². The molecule has 0 aliphatic carbocycles. The van der Waals surface area contributed by atoms with E-state index >= 15 is 0 Å². The van der Waals surface area contributed by atoms with Crippen molar-refractivity contribution in [3.8, 4) is 23.3 Å². The van der Waals surface area contributed by atoms with E-state index in [2.05, 4.69) is 101 Å². The normalized spacial score (nSPS) is 17.7. The van der Waals surface area contributed by atoms with Gasteiger partial charge in [-0.1, -0.05) is 41.5 Å². The zero-order valence-electron chi connectivity index (χ0n) is 56.8. The van der Waals surface area contributed by atoms with E-state index in [-0.39, 0.29) is 93.0 Å². The SMILES string of the molecule is CCCN(C)C[C@@H](C[C@H](C(C)C)N1CC2(CCN(c3ncnnc3Oc3ccc(F)cc3C(=O)N(CC)C(C)C)C2)C1)OC(=O)/C=C/C(=O)O[C@H](C[C@H](C(C)C)N1CC2(CCN(c3ncnnc3Oc3ccc(F)cc3C(=O)N(CC)C(C)C)C2)C1)CN(C)CCC. The molecule has 8 rings (SSSR count). The number of hydrogen-bond donors (Lipinski definition) is 0. The fourth-order valence-electron chi connectivity index (χ4n) is 14.2. The number of hydrogen-bond acceptors (Lipinski definition) is 20. The van der Waals surface area contributed by atoms with Crippen molar-refractivity contribution in [1.29, 1.82) is 0 Å². The van der Waals surface area contributed by atoms with Gasteiger partial charge in [0.1, 0.15) is 48.0 Å². The quantitative estimate of drug-likeness (QED) is 0.0329. The molecule has 4 aliphatic rings. The van der Waals surface area contributed by atoms with Crippen molar-refractivity contribution >= 4 is 35.4 Å². The van der Waals surface area contributed by atoms with Gasteiger partial charge in [0, 0.05) is 139 Å². The van der Waals surface area contributed by atoms with Gasteiger partial charge in [-0.25, -0.2) is 28.3 Å². The Labute approximate surface area is 543 Å². The van der Waals surface area contributed by atoms with Crippen molar-refractivity contribution in [2.45, 2.75) is 158 Å². The third-order valence-corrected chi connectivity index (χ3v) is 18.6. The molecular weight excluding hydrogens is 1180 g/mol. The molecular formula is C68H100F2N14O8. The minimum Gasteiger partial charge on any atom is -0.458 e. The number of aromatic nitrogens is 6. The summed E-state index contributed by atoms with van der Waals surface area (Å²) in [5.41, 5.74) is 0.108. The zero-order valence-corrected chi connectivity index (χ0v) is 56.8. The predicted molar refractivity (Wildman–Crippen MR) is 349 cm³/mol. The van der Waals surface area contributed by atoms with Crippen LogP contribution in [0.15, 0.2) is 61.2 Å². The minimum absolute atomic E-state index is 0.0401. The van der Waals surface area contributed by atoms with Gasteiger partial charge in [0.15, 0.2) is 11.6 Å². The first-order chi connectivity index (χ1) is 43.9. The second-order valence-corrected chi connectivity index (χ2v) is 27.3. The second-order valence-electron chi connectivity index (χ2n) is 27.3. The lowest BCUT2D eigenvalue weighted by atomic mass is 9.76. The molecule has 2 aromatic carbocycles. The highest BCUT2D eigenvalue weighted by molar-refractivity contribution is 5.98. The second kappa shape index (κ2) is 31.7. The molecule has 92 heavy (non-hydrogen) atoms. The number of carbonyl (C=O) groups is 4. The summed E-state index contributed by atoms with van der Waals surface area (Å²) in [4.78, 5) is 81.2. The van der Waals surface area contributed by atoms with Gasteiger partial charge >= 0.3 is 11.9 Å². The van der Waals surface area contributed by atoms with Crippen LogP contribution in [-0.2, 0) is 19.1 Å². The average Bonchev–Trinajstić information content (AvgIpc) is 1.55. The van der Waals surface area contributed by atoms with Crippen molar-refractivity contribution in [3.63, 3.8) is 0 Å². The summed E-state index contributed by atoms with van der Waals surface area (Å²) in [6.07, 6.45) is 9.11. The monoisotopic (exact) mass is 1280 g/mol. The summed E-state index contributed by atoms with van der Waals surface area (Å²) in [5, 5.41) is 16.7. The van der Waals surface area contributed by atoms with Crippen molar-refractivity contribution < 1.29 is 46.9 Å². The van der Waals surface area contributed by atoms with Crippen LogP contribution in [0.2, 0.25) is 0 Å². The van der Waals surface area contributed by atoms with E-state index in [1.54, 1.807) is 9.80 Å². The minimum atomic E-state index is -0.602. The van der Waals surface area contributed by atoms with Gasteiger partial charge in [-0.05, 0) is 143 Å². The molecule has 504 valence electrons. The molecule has 0 saturated carbocycles. The molecule has 2 amide bonds. The third kappa shape index (κ3) is 17.6. The molecule has 2 spiro atoms. The van der Waals surface area contributed by atoms with Gasteiger partial charge < -0.3 is 48.3 Å². The van der Waals surface area contributed by atoms with Gasteiger partial charge in [0.05, 0.1) is 11.1 Å². The number of likely N-dealkylation sites (N-methyl/N-ethyl adjacent to an activating group) is 2. The van der Waals surface area contributed by atoms with Crippen molar-refractivity contribution in [1.82, 2.24) is 59.8 Å². The van der Waals surface area contributed by atoms with E-state index in [4.69, 9.17) is 18.9 Å². The van der Waals surface area contributed by atoms with Crippen molar-refractivity contribution in [3.05, 3.63) is 84.0 Å². The van der Waals surface area contributed by atoms with Crippen LogP contribution < -0.4 is 19.3 Å². The van der Waals surface area contributed by atoms with E-state index in [1.165, 1.54) is 61.2 Å². The highest BCUT2D eigenvalue weighted by Crippen LogP contribution is 2.47. The molecule has 4 fully saturated rings. The Hall–Kier alpha value is -7.02. The van der Waals surface area contributed by atoms with Crippen LogP contribution in [0.5, 0.6) is 23.3 Å². The molecule has 0 radical (unpaired) electrons. The van der Waals surface area contributed by atoms with Gasteiger partial charge in [-0.15, -0.1) is 20.4 Å². The number of ether oxygens (including phenoxy) is 4. The summed E-state index contributed by atoms with van der Waals surface area (Å²) in [6, 6.07) is 7.76. The molecule has 2 aromatic heterocycles. The third-order valence-electron chi connectivity index (χ3n) is 18.6. The van der Waals surface area contributed by atoms with E-state index in [0.29, 0.717) is 76.8 Å². The smallest absolute Gasteiger partial charge is 0.331 e. The van der Waals surface area contributed by atoms with E-state index in [0.717, 1.165) is 65.0 Å². The van der Waals surface area contributed by atoms with E-state index < -0.39 is 35.8 Å². The summed E-state index contributed by atoms with van der Waals surface area (Å²) in [7, 11) is 4.07. The standard InChI is InChI=1S/C68H100F2N14O8/c1-15-27-77(13)35-51(33-55(45(5)6)81-39-67(40-81)25-29-79(37-67)61-63(75-73-43-71-61)91-57-21-19-49(69)31-53(57)65(87)83(17-3)47(9)10)89-59(85)23-24-60(86)90-52(36-78(14)28-16-2)34-56(46(7)8)82-41-68(42-82)26-30-80(38-68)62-64(76-74-44-72-62)92-58-22-20-50(70)32-54(58)66(88)84(18-4)48(11)12/h19-24,31-32,43-48,51-52,55-56H,15-18,25-30,33-42H2,1-14H3/b24-23+/t51-,52-,55-,56-/m1/s1. The zero-order chi connectivity index (χ0) is 66.6. The fraction of sp³-hybridized carbons (Fsp3) is 0.647. The van der Waals surface area contributed by atoms with Gasteiger partial charge in [-0.2, -0.15) is 0 Å². The molecule has 4 aliphatic heterocycles. The molecule has 0 unspecified atom stereocenters. The first-order valence-corrected chi connectivity index (χ1v) is 33.2. The lowest BCUT2D eigenvalue weighted by Gasteiger charge is -2.53. The molecule has 0 bridgehead atoms. The summed E-state index contributed by atoms with van der Waals surface area (Å²) >= 11 is 0. The first-order valence-electron chi connectivity index (χ1n) is 33.2. The Kier molecular flexibility index (Phi) is 24.4. The van der Waals surface area contributed by atoms with E-state index in [1.807, 2.05) is 55.6 Å². The Morgan fingerprint density at radius 3 is 1.29 bits per heavy atom. The molecule has 22 nitrogen and oxygen atoms in total. The number of halogens is 2. The maximum Gasteiger partial charge on any atom is 0.331 e. The molecule has 24 heteroatoms. The van der Waals surface area contributed by atoms with Gasteiger partial charge in [0.2, 0.25) is 0 Å². The van der Waals surface area contributed by atoms with Crippen LogP contribution in [0.3, 0.4) is 0 Å². The Bertz CT molecular complexity index is 2960. The van der Waals surface area contributed by atoms with Gasteiger partial charge in [0.25, 0.3) is 23.6 Å². The number of esters is 2.